The van der Waals surface area contributed by atoms with Gasteiger partial charge in [0.2, 0.25) is 5.88 Å². The van der Waals surface area contributed by atoms with Crippen LogP contribution in [0.1, 0.15) is 23.7 Å². The molecule has 166 valence electrons. The zero-order valence-electron chi connectivity index (χ0n) is 17.8. The Balaban J connectivity index is 1.41. The highest BCUT2D eigenvalue weighted by Gasteiger charge is 2.19. The summed E-state index contributed by atoms with van der Waals surface area (Å²) in [5.74, 6) is -0.823. The van der Waals surface area contributed by atoms with Gasteiger partial charge in [-0.3, -0.25) is 9.69 Å². The first-order valence-electron chi connectivity index (χ1n) is 10.5. The second kappa shape index (κ2) is 9.87. The molecule has 0 spiro atoms. The first-order chi connectivity index (χ1) is 15.5. The Kier molecular flexibility index (Phi) is 6.75. The normalized spacial score (nSPS) is 13.5. The Hall–Kier alpha value is -3.32. The number of fused-ring (bicyclic) bond motifs is 1. The van der Waals surface area contributed by atoms with Crippen molar-refractivity contribution in [2.24, 2.45) is 0 Å². The highest BCUT2D eigenvalue weighted by Crippen LogP contribution is 2.28. The maximum absolute atomic E-state index is 15.0. The van der Waals surface area contributed by atoms with Gasteiger partial charge in [-0.15, -0.1) is 0 Å². The number of nitrogens with zero attached hydrogens (tertiary/aromatic N) is 2. The van der Waals surface area contributed by atoms with Crippen molar-refractivity contribution in [3.8, 4) is 17.0 Å². The van der Waals surface area contributed by atoms with Crippen LogP contribution >= 0.6 is 0 Å². The number of halogens is 2. The highest BCUT2D eigenvalue weighted by molar-refractivity contribution is 5.66. The number of esters is 1. The van der Waals surface area contributed by atoms with Gasteiger partial charge in [-0.05, 0) is 11.6 Å². The molecule has 0 unspecified atom stereocenters. The molecule has 1 aliphatic rings. The first kappa shape index (κ1) is 21.9. The summed E-state index contributed by atoms with van der Waals surface area (Å²) in [7, 11) is 0. The van der Waals surface area contributed by atoms with E-state index in [0.29, 0.717) is 24.6 Å². The second-order valence-corrected chi connectivity index (χ2v) is 7.67. The lowest BCUT2D eigenvalue weighted by molar-refractivity contribution is -0.141. The number of aromatic nitrogens is 1. The minimum atomic E-state index is -0.501. The molecule has 4 rings (SSSR count). The van der Waals surface area contributed by atoms with Gasteiger partial charge in [0.1, 0.15) is 24.8 Å². The maximum Gasteiger partial charge on any atom is 0.302 e. The van der Waals surface area contributed by atoms with Crippen molar-refractivity contribution in [1.29, 1.82) is 0 Å². The van der Waals surface area contributed by atoms with Crippen LogP contribution in [0, 0.1) is 11.6 Å². The fourth-order valence-corrected chi connectivity index (χ4v) is 3.77. The molecule has 0 bridgehead atoms. The summed E-state index contributed by atoms with van der Waals surface area (Å²) in [5.41, 5.74) is 2.81. The number of benzene rings is 2. The van der Waals surface area contributed by atoms with E-state index in [4.69, 9.17) is 9.47 Å². The van der Waals surface area contributed by atoms with Crippen molar-refractivity contribution < 1.29 is 23.0 Å². The van der Waals surface area contributed by atoms with Crippen molar-refractivity contribution in [2.75, 3.05) is 19.7 Å². The minimum absolute atomic E-state index is 0.00553. The molecular formula is C25H24F2N2O3. The Labute approximate surface area is 185 Å². The van der Waals surface area contributed by atoms with E-state index in [1.165, 1.54) is 13.0 Å². The first-order valence-corrected chi connectivity index (χ1v) is 10.5. The molecule has 2 aromatic carbocycles. The molecule has 7 heteroatoms. The number of carbonyl (C=O) groups excluding carboxylic acids is 1. The van der Waals surface area contributed by atoms with Crippen LogP contribution in [0.5, 0.6) is 5.88 Å². The Morgan fingerprint density at radius 3 is 2.69 bits per heavy atom. The molecule has 1 aromatic heterocycles. The van der Waals surface area contributed by atoms with Gasteiger partial charge in [0.25, 0.3) is 0 Å². The third-order valence-electron chi connectivity index (χ3n) is 5.43. The number of pyridine rings is 1. The molecule has 32 heavy (non-hydrogen) atoms. The molecule has 0 N–H and O–H groups in total. The molecule has 0 radical (unpaired) electrons. The summed E-state index contributed by atoms with van der Waals surface area (Å²) in [5, 5.41) is 0. The van der Waals surface area contributed by atoms with Crippen LogP contribution in [-0.2, 0) is 29.1 Å². The average Bonchev–Trinajstić information content (AvgIpc) is 2.79. The fraction of sp³-hybridized carbons (Fsp3) is 0.280. The number of hydrogen-bond acceptors (Lipinski definition) is 5. The largest absolute Gasteiger partial charge is 0.473 e. The van der Waals surface area contributed by atoms with Crippen molar-refractivity contribution in [3.63, 3.8) is 0 Å². The van der Waals surface area contributed by atoms with Crippen LogP contribution in [-0.4, -0.2) is 35.5 Å². The molecule has 1 aliphatic heterocycles. The Bertz CT molecular complexity index is 1120. The molecule has 5 nitrogen and oxygen atoms in total. The average molecular weight is 438 g/mol. The predicted octanol–water partition coefficient (Wildman–Crippen LogP) is 4.53. The van der Waals surface area contributed by atoms with Gasteiger partial charge in [0.15, 0.2) is 0 Å². The molecule has 0 saturated carbocycles. The Morgan fingerprint density at radius 2 is 1.88 bits per heavy atom. The summed E-state index contributed by atoms with van der Waals surface area (Å²) in [4.78, 5) is 17.7. The summed E-state index contributed by atoms with van der Waals surface area (Å²) in [6.07, 6.45) is 0.754. The lowest BCUT2D eigenvalue weighted by Crippen LogP contribution is -2.34. The smallest absolute Gasteiger partial charge is 0.302 e. The molecule has 0 fully saturated rings. The summed E-state index contributed by atoms with van der Waals surface area (Å²) >= 11 is 0. The van der Waals surface area contributed by atoms with Crippen LogP contribution in [0.15, 0.2) is 54.6 Å². The van der Waals surface area contributed by atoms with Crippen LogP contribution in [0.4, 0.5) is 8.78 Å². The quantitative estimate of drug-likeness (QED) is 0.508. The summed E-state index contributed by atoms with van der Waals surface area (Å²) in [6.45, 7) is 3.98. The van der Waals surface area contributed by atoms with E-state index in [9.17, 15) is 9.18 Å². The third kappa shape index (κ3) is 5.11. The maximum atomic E-state index is 15.0. The van der Waals surface area contributed by atoms with E-state index < -0.39 is 11.6 Å². The molecule has 3 aromatic rings. The second-order valence-electron chi connectivity index (χ2n) is 7.67. The van der Waals surface area contributed by atoms with Gasteiger partial charge in [0.05, 0.1) is 5.69 Å². The van der Waals surface area contributed by atoms with Crippen LogP contribution in [0.25, 0.3) is 11.1 Å². The van der Waals surface area contributed by atoms with Crippen molar-refractivity contribution in [2.45, 2.75) is 26.5 Å². The van der Waals surface area contributed by atoms with Crippen LogP contribution in [0.3, 0.4) is 0 Å². The molecule has 0 atom stereocenters. The standard InChI is InChI=1S/C25H24F2N2O3/c1-17(30)31-14-13-29-12-11-23-18(15-29)9-10-24(28-23)32-16-19-5-4-7-21(25(19)27)20-6-2-3-8-22(20)26/h2-10H,11-16H2,1H3. The number of carbonyl (C=O) groups is 1. The zero-order chi connectivity index (χ0) is 22.5. The monoisotopic (exact) mass is 438 g/mol. The zero-order valence-corrected chi connectivity index (χ0v) is 17.8. The van der Waals surface area contributed by atoms with Gasteiger partial charge in [-0.1, -0.05) is 42.5 Å². The predicted molar refractivity (Wildman–Crippen MR) is 116 cm³/mol. The lowest BCUT2D eigenvalue weighted by atomic mass is 10.0. The van der Waals surface area contributed by atoms with Crippen LogP contribution < -0.4 is 4.74 Å². The summed E-state index contributed by atoms with van der Waals surface area (Å²) in [6, 6.07) is 14.7. The van der Waals surface area contributed by atoms with Crippen molar-refractivity contribution in [3.05, 3.63) is 83.1 Å². The van der Waals surface area contributed by atoms with Crippen molar-refractivity contribution in [1.82, 2.24) is 9.88 Å². The molecular weight excluding hydrogens is 414 g/mol. The van der Waals surface area contributed by atoms with Gasteiger partial charge in [-0.2, -0.15) is 0 Å². The minimum Gasteiger partial charge on any atom is -0.473 e. The summed E-state index contributed by atoms with van der Waals surface area (Å²) < 4.78 is 39.9. The van der Waals surface area contributed by atoms with E-state index in [0.717, 1.165) is 30.8 Å². The molecule has 2 heterocycles. The Morgan fingerprint density at radius 1 is 1.06 bits per heavy atom. The topological polar surface area (TPSA) is 51.7 Å². The lowest BCUT2D eigenvalue weighted by Gasteiger charge is -2.28. The van der Waals surface area contributed by atoms with Gasteiger partial charge in [-0.25, -0.2) is 13.8 Å². The van der Waals surface area contributed by atoms with E-state index in [1.54, 1.807) is 42.5 Å². The molecule has 0 aliphatic carbocycles. The fourth-order valence-electron chi connectivity index (χ4n) is 3.77. The van der Waals surface area contributed by atoms with E-state index in [2.05, 4.69) is 9.88 Å². The number of rotatable bonds is 7. The highest BCUT2D eigenvalue weighted by atomic mass is 19.1. The van der Waals surface area contributed by atoms with E-state index >= 15 is 4.39 Å². The number of ether oxygens (including phenoxy) is 2. The van der Waals surface area contributed by atoms with Gasteiger partial charge < -0.3 is 9.47 Å². The number of hydrogen-bond donors (Lipinski definition) is 0. The SMILES string of the molecule is CC(=O)OCCN1CCc2nc(OCc3cccc(-c4ccccc4F)c3F)ccc2C1. The van der Waals surface area contributed by atoms with E-state index in [-0.39, 0.29) is 23.7 Å². The molecule has 0 saturated heterocycles. The van der Waals surface area contributed by atoms with Gasteiger partial charge >= 0.3 is 5.97 Å². The van der Waals surface area contributed by atoms with Crippen LogP contribution in [0.2, 0.25) is 0 Å². The van der Waals surface area contributed by atoms with Gasteiger partial charge in [0, 0.05) is 55.7 Å². The molecule has 0 amide bonds. The van der Waals surface area contributed by atoms with E-state index in [1.807, 2.05) is 6.07 Å². The van der Waals surface area contributed by atoms with Crippen molar-refractivity contribution >= 4 is 5.97 Å². The third-order valence-corrected chi connectivity index (χ3v) is 5.43.